The molecule has 6 heteroatoms. The normalized spacial score (nSPS) is 12.9. The molecule has 0 aromatic heterocycles. The van der Waals surface area contributed by atoms with Crippen LogP contribution in [0.25, 0.3) is 0 Å². The van der Waals surface area contributed by atoms with Gasteiger partial charge in [0.1, 0.15) is 13.2 Å². The molecule has 0 saturated heterocycles. The van der Waals surface area contributed by atoms with Crippen LogP contribution in [-0.2, 0) is 28.6 Å². The number of carbonyl (C=O) groups excluding carboxylic acids is 3. The molecular formula is C61H100O6. The van der Waals surface area contributed by atoms with E-state index in [0.717, 1.165) is 70.6 Å². The Balaban J connectivity index is 4.58. The first-order valence-electron chi connectivity index (χ1n) is 27.4. The average molecular weight is 929 g/mol. The van der Waals surface area contributed by atoms with E-state index < -0.39 is 12.1 Å². The van der Waals surface area contributed by atoms with Crippen molar-refractivity contribution in [3.05, 3.63) is 109 Å². The van der Waals surface area contributed by atoms with Crippen LogP contribution in [0.3, 0.4) is 0 Å². The summed E-state index contributed by atoms with van der Waals surface area (Å²) in [6, 6.07) is 0. The molecule has 0 aliphatic rings. The zero-order valence-electron chi connectivity index (χ0n) is 43.4. The number of carbonyl (C=O) groups is 3. The lowest BCUT2D eigenvalue weighted by Gasteiger charge is -2.18. The Hall–Kier alpha value is -3.93. The lowest BCUT2D eigenvalue weighted by Crippen LogP contribution is -2.30. The fourth-order valence-corrected chi connectivity index (χ4v) is 7.07. The van der Waals surface area contributed by atoms with Crippen molar-refractivity contribution in [3.8, 4) is 0 Å². The summed E-state index contributed by atoms with van der Waals surface area (Å²) in [6.07, 6.45) is 73.7. The van der Waals surface area contributed by atoms with Crippen molar-refractivity contribution in [2.24, 2.45) is 0 Å². The Labute approximate surface area is 412 Å². The summed E-state index contributed by atoms with van der Waals surface area (Å²) in [7, 11) is 0. The van der Waals surface area contributed by atoms with Crippen molar-refractivity contribution in [2.45, 2.75) is 245 Å². The van der Waals surface area contributed by atoms with E-state index >= 15 is 0 Å². The quantitative estimate of drug-likeness (QED) is 0.0262. The third-order valence-electron chi connectivity index (χ3n) is 11.2. The van der Waals surface area contributed by atoms with Crippen molar-refractivity contribution in [2.75, 3.05) is 13.2 Å². The van der Waals surface area contributed by atoms with E-state index in [9.17, 15) is 14.4 Å². The standard InChI is InChI=1S/C61H100O6/c1-4-7-10-13-16-19-22-25-28-29-30-31-34-37-40-43-46-49-52-55-61(64)67-58(56-65-59(62)53-50-47-44-41-38-35-32-26-23-20-17-14-11-8-5-2)57-66-60(63)54-51-48-45-42-39-36-33-27-24-21-18-15-12-9-6-3/h16-17,19-21,24-26,28,30-32,37-38,40-41,46,49,58H,4-15,18,22-23,27,29,33-36,39,42-45,47-48,50-57H2,1-3H3/b19-16-,20-17-,24-21-,28-25-,31-30-,32-26-,40-37-,41-38-,49-46-/t58-/m1/s1. The highest BCUT2D eigenvalue weighted by molar-refractivity contribution is 5.71. The molecule has 0 amide bonds. The maximum absolute atomic E-state index is 12.8. The number of hydrogen-bond donors (Lipinski definition) is 0. The van der Waals surface area contributed by atoms with E-state index in [1.54, 1.807) is 0 Å². The van der Waals surface area contributed by atoms with Gasteiger partial charge in [-0.2, -0.15) is 0 Å². The van der Waals surface area contributed by atoms with E-state index in [1.165, 1.54) is 116 Å². The van der Waals surface area contributed by atoms with Gasteiger partial charge in [0.05, 0.1) is 0 Å². The molecule has 380 valence electrons. The lowest BCUT2D eigenvalue weighted by atomic mass is 10.1. The van der Waals surface area contributed by atoms with E-state index in [2.05, 4.69) is 118 Å². The summed E-state index contributed by atoms with van der Waals surface area (Å²) in [5.41, 5.74) is 0. The van der Waals surface area contributed by atoms with Gasteiger partial charge in [0.15, 0.2) is 6.10 Å². The third kappa shape index (κ3) is 52.9. The molecule has 6 nitrogen and oxygen atoms in total. The van der Waals surface area contributed by atoms with Crippen molar-refractivity contribution in [3.63, 3.8) is 0 Å². The molecule has 0 bridgehead atoms. The smallest absolute Gasteiger partial charge is 0.306 e. The van der Waals surface area contributed by atoms with Crippen LogP contribution in [0, 0.1) is 0 Å². The summed E-state index contributed by atoms with van der Waals surface area (Å²) in [4.78, 5) is 38.0. The van der Waals surface area contributed by atoms with Crippen LogP contribution in [-0.4, -0.2) is 37.2 Å². The Kier molecular flexibility index (Phi) is 51.5. The first-order valence-corrected chi connectivity index (χ1v) is 27.4. The molecule has 0 unspecified atom stereocenters. The first kappa shape index (κ1) is 63.1. The second-order valence-corrected chi connectivity index (χ2v) is 17.8. The largest absolute Gasteiger partial charge is 0.462 e. The number of rotatable bonds is 48. The molecule has 0 heterocycles. The highest BCUT2D eigenvalue weighted by atomic mass is 16.6. The fourth-order valence-electron chi connectivity index (χ4n) is 7.07. The average Bonchev–Trinajstić information content (AvgIpc) is 3.33. The summed E-state index contributed by atoms with van der Waals surface area (Å²) >= 11 is 0. The summed E-state index contributed by atoms with van der Waals surface area (Å²) in [5, 5.41) is 0. The van der Waals surface area contributed by atoms with Crippen molar-refractivity contribution < 1.29 is 28.6 Å². The van der Waals surface area contributed by atoms with Gasteiger partial charge in [-0.15, -0.1) is 0 Å². The molecule has 0 aromatic rings. The summed E-state index contributed by atoms with van der Waals surface area (Å²) in [5.74, 6) is -1.05. The highest BCUT2D eigenvalue weighted by Crippen LogP contribution is 2.13. The number of unbranched alkanes of at least 4 members (excludes halogenated alkanes) is 19. The fraction of sp³-hybridized carbons (Fsp3) is 0.656. The molecule has 0 aliphatic carbocycles. The van der Waals surface area contributed by atoms with E-state index in [4.69, 9.17) is 14.2 Å². The van der Waals surface area contributed by atoms with E-state index in [1.807, 2.05) is 12.2 Å². The van der Waals surface area contributed by atoms with Crippen LogP contribution >= 0.6 is 0 Å². The minimum absolute atomic E-state index is 0.124. The monoisotopic (exact) mass is 929 g/mol. The minimum atomic E-state index is -0.837. The van der Waals surface area contributed by atoms with E-state index in [0.29, 0.717) is 25.7 Å². The van der Waals surface area contributed by atoms with Gasteiger partial charge in [0.25, 0.3) is 0 Å². The predicted molar refractivity (Wildman–Crippen MR) is 288 cm³/mol. The maximum Gasteiger partial charge on any atom is 0.306 e. The molecule has 0 rings (SSSR count). The molecule has 0 spiro atoms. The van der Waals surface area contributed by atoms with Crippen LogP contribution in [0.4, 0.5) is 0 Å². The van der Waals surface area contributed by atoms with Gasteiger partial charge in [-0.3, -0.25) is 14.4 Å². The zero-order chi connectivity index (χ0) is 48.6. The molecule has 67 heavy (non-hydrogen) atoms. The number of allylic oxidation sites excluding steroid dienone is 18. The Morgan fingerprint density at radius 2 is 0.567 bits per heavy atom. The van der Waals surface area contributed by atoms with Crippen LogP contribution in [0.2, 0.25) is 0 Å². The molecule has 0 radical (unpaired) electrons. The predicted octanol–water partition coefficient (Wildman–Crippen LogP) is 18.3. The van der Waals surface area contributed by atoms with Crippen LogP contribution < -0.4 is 0 Å². The van der Waals surface area contributed by atoms with Crippen molar-refractivity contribution in [1.29, 1.82) is 0 Å². The number of esters is 3. The van der Waals surface area contributed by atoms with Gasteiger partial charge < -0.3 is 14.2 Å². The van der Waals surface area contributed by atoms with Crippen LogP contribution in [0.5, 0.6) is 0 Å². The SMILES string of the molecule is CCCCC/C=C\C/C=C\C/C=C\C/C=C\C/C=C\CCC(=O)O[C@H](COC(=O)CCCC/C=C\C/C=C\C/C=C\CCCCC)COC(=O)CCCCCCCCC/C=C\CCCCCC. The number of hydrogen-bond acceptors (Lipinski definition) is 6. The molecule has 1 atom stereocenters. The van der Waals surface area contributed by atoms with Crippen LogP contribution in [0.1, 0.15) is 239 Å². The van der Waals surface area contributed by atoms with Gasteiger partial charge in [-0.1, -0.05) is 207 Å². The Morgan fingerprint density at radius 3 is 0.970 bits per heavy atom. The van der Waals surface area contributed by atoms with Gasteiger partial charge in [0, 0.05) is 19.3 Å². The van der Waals surface area contributed by atoms with Crippen molar-refractivity contribution in [1.82, 2.24) is 0 Å². The minimum Gasteiger partial charge on any atom is -0.462 e. The zero-order valence-corrected chi connectivity index (χ0v) is 43.4. The Bertz CT molecular complexity index is 1390. The topological polar surface area (TPSA) is 78.9 Å². The second-order valence-electron chi connectivity index (χ2n) is 17.8. The summed E-state index contributed by atoms with van der Waals surface area (Å²) in [6.45, 7) is 6.46. The van der Waals surface area contributed by atoms with Gasteiger partial charge >= 0.3 is 17.9 Å². The molecule has 0 N–H and O–H groups in total. The van der Waals surface area contributed by atoms with Gasteiger partial charge in [-0.25, -0.2) is 0 Å². The van der Waals surface area contributed by atoms with E-state index in [-0.39, 0.29) is 31.6 Å². The van der Waals surface area contributed by atoms with Gasteiger partial charge in [0.2, 0.25) is 0 Å². The third-order valence-corrected chi connectivity index (χ3v) is 11.2. The maximum atomic E-state index is 12.8. The lowest BCUT2D eigenvalue weighted by molar-refractivity contribution is -0.166. The molecule has 0 aliphatic heterocycles. The number of ether oxygens (including phenoxy) is 3. The van der Waals surface area contributed by atoms with Crippen LogP contribution in [0.15, 0.2) is 109 Å². The summed E-state index contributed by atoms with van der Waals surface area (Å²) < 4.78 is 16.7. The molecule has 0 fully saturated rings. The molecule has 0 saturated carbocycles. The second kappa shape index (κ2) is 54.7. The van der Waals surface area contributed by atoms with Gasteiger partial charge in [-0.05, 0) is 122 Å². The highest BCUT2D eigenvalue weighted by Gasteiger charge is 2.19. The Morgan fingerprint density at radius 1 is 0.299 bits per heavy atom. The molecular weight excluding hydrogens is 829 g/mol. The first-order chi connectivity index (χ1) is 33.0. The van der Waals surface area contributed by atoms with Crippen molar-refractivity contribution >= 4 is 17.9 Å². The molecule has 0 aromatic carbocycles.